The van der Waals surface area contributed by atoms with E-state index < -0.39 is 15.9 Å². The zero-order valence-corrected chi connectivity index (χ0v) is 16.4. The summed E-state index contributed by atoms with van der Waals surface area (Å²) in [5, 5.41) is 10.2. The van der Waals surface area contributed by atoms with E-state index in [1.54, 1.807) is 39.0 Å². The molecular weight excluding hydrogens is 366 g/mol. The summed E-state index contributed by atoms with van der Waals surface area (Å²) in [6, 6.07) is 8.79. The number of carbonyl (C=O) groups excluding carboxylic acids is 1. The van der Waals surface area contributed by atoms with Gasteiger partial charge in [-0.25, -0.2) is 4.68 Å². The monoisotopic (exact) mass is 387 g/mol. The molecule has 2 heterocycles. The van der Waals surface area contributed by atoms with Crippen LogP contribution in [-0.2, 0) is 16.4 Å². The van der Waals surface area contributed by atoms with E-state index in [1.165, 1.54) is 4.68 Å². The van der Waals surface area contributed by atoms with Gasteiger partial charge in [0, 0.05) is 17.1 Å². The van der Waals surface area contributed by atoms with E-state index >= 15 is 0 Å². The fourth-order valence-electron chi connectivity index (χ4n) is 2.81. The van der Waals surface area contributed by atoms with Gasteiger partial charge in [-0.1, -0.05) is 19.1 Å². The number of anilines is 1. The molecule has 27 heavy (non-hydrogen) atoms. The van der Waals surface area contributed by atoms with Crippen molar-refractivity contribution in [3.63, 3.8) is 0 Å². The van der Waals surface area contributed by atoms with E-state index in [-0.39, 0.29) is 10.6 Å². The molecule has 2 N–H and O–H groups in total. The van der Waals surface area contributed by atoms with E-state index in [4.69, 9.17) is 0 Å². The minimum atomic E-state index is -4.06. The van der Waals surface area contributed by atoms with Gasteiger partial charge in [0.15, 0.2) is 0 Å². The summed E-state index contributed by atoms with van der Waals surface area (Å²) in [5.74, 6) is -0.548. The second kappa shape index (κ2) is 6.99. The van der Waals surface area contributed by atoms with Crippen LogP contribution in [0.2, 0.25) is 0 Å². The summed E-state index contributed by atoms with van der Waals surface area (Å²) in [6.45, 7) is 7.11. The first-order valence-electron chi connectivity index (χ1n) is 8.47. The highest BCUT2D eigenvalue weighted by atomic mass is 32.2. The van der Waals surface area contributed by atoms with Gasteiger partial charge in [-0.05, 0) is 51.0 Å². The Balaban J connectivity index is 1.99. The van der Waals surface area contributed by atoms with Crippen LogP contribution >= 0.6 is 0 Å². The molecule has 0 aliphatic rings. The van der Waals surface area contributed by atoms with Gasteiger partial charge >= 0.3 is 0 Å². The summed E-state index contributed by atoms with van der Waals surface area (Å²) in [7, 11) is -4.06. The number of benzene rings is 1. The van der Waals surface area contributed by atoms with Crippen LogP contribution < -0.4 is 4.72 Å². The van der Waals surface area contributed by atoms with Gasteiger partial charge < -0.3 is 0 Å². The molecule has 9 heteroatoms. The minimum Gasteiger partial charge on any atom is -0.281 e. The molecule has 0 bridgehead atoms. The first-order valence-corrected chi connectivity index (χ1v) is 9.96. The molecule has 8 nitrogen and oxygen atoms in total. The molecule has 3 rings (SSSR count). The third-order valence-electron chi connectivity index (χ3n) is 4.20. The van der Waals surface area contributed by atoms with Gasteiger partial charge in [0.25, 0.3) is 15.9 Å². The Bertz CT molecular complexity index is 1090. The Morgan fingerprint density at radius 3 is 2.41 bits per heavy atom. The van der Waals surface area contributed by atoms with Crippen LogP contribution in [0, 0.1) is 20.8 Å². The molecule has 0 spiro atoms. The van der Waals surface area contributed by atoms with Crippen molar-refractivity contribution in [2.75, 3.05) is 4.72 Å². The zero-order valence-electron chi connectivity index (χ0n) is 15.6. The molecule has 1 aromatic carbocycles. The topological polar surface area (TPSA) is 110 Å². The fourth-order valence-corrected chi connectivity index (χ4v) is 4.02. The summed E-state index contributed by atoms with van der Waals surface area (Å²) >= 11 is 0. The predicted octanol–water partition coefficient (Wildman–Crippen LogP) is 2.58. The first kappa shape index (κ1) is 18.8. The van der Waals surface area contributed by atoms with Gasteiger partial charge in [0.1, 0.15) is 5.56 Å². The molecule has 2 aromatic heterocycles. The van der Waals surface area contributed by atoms with Crippen LogP contribution in [0.1, 0.15) is 39.9 Å². The molecule has 0 radical (unpaired) electrons. The van der Waals surface area contributed by atoms with Gasteiger partial charge in [-0.3, -0.25) is 14.6 Å². The number of hydrogen-bond acceptors (Lipinski definition) is 5. The highest BCUT2D eigenvalue weighted by Gasteiger charge is 2.30. The van der Waals surface area contributed by atoms with Gasteiger partial charge in [0.2, 0.25) is 5.03 Å². The Morgan fingerprint density at radius 2 is 1.85 bits per heavy atom. The summed E-state index contributed by atoms with van der Waals surface area (Å²) in [6.07, 6.45) is 0.854. The molecule has 3 aromatic rings. The van der Waals surface area contributed by atoms with Crippen molar-refractivity contribution in [3.05, 3.63) is 58.5 Å². The number of nitrogens with zero attached hydrogens (tertiary/aromatic N) is 3. The Morgan fingerprint density at radius 1 is 1.19 bits per heavy atom. The number of H-pyrrole nitrogens is 1. The minimum absolute atomic E-state index is 0.0288. The predicted molar refractivity (Wildman–Crippen MR) is 101 cm³/mol. The number of sulfonamides is 1. The molecule has 0 fully saturated rings. The van der Waals surface area contributed by atoms with Crippen molar-refractivity contribution in [1.29, 1.82) is 0 Å². The average molecular weight is 387 g/mol. The van der Waals surface area contributed by atoms with Crippen molar-refractivity contribution in [2.45, 2.75) is 39.1 Å². The first-order chi connectivity index (χ1) is 12.7. The van der Waals surface area contributed by atoms with Gasteiger partial charge in [-0.15, -0.1) is 0 Å². The number of nitrogens with one attached hydrogen (secondary N) is 2. The second-order valence-electron chi connectivity index (χ2n) is 6.33. The summed E-state index contributed by atoms with van der Waals surface area (Å²) < 4.78 is 29.3. The molecule has 0 aliphatic heterocycles. The standard InChI is InChI=1S/C18H21N5O3S/c1-5-14-6-8-15(9-7-14)22-27(25,26)17-16(13(4)19-20-17)18(24)23-12(3)10-11(2)21-23/h6-10,22H,5H2,1-4H3,(H,19,20). The highest BCUT2D eigenvalue weighted by Crippen LogP contribution is 2.22. The third-order valence-corrected chi connectivity index (χ3v) is 5.51. The van der Waals surface area contributed by atoms with Gasteiger partial charge in [-0.2, -0.15) is 18.6 Å². The van der Waals surface area contributed by atoms with E-state index in [0.29, 0.717) is 22.8 Å². The zero-order chi connectivity index (χ0) is 19.8. The number of carbonyl (C=O) groups is 1. The van der Waals surface area contributed by atoms with E-state index in [0.717, 1.165) is 12.0 Å². The van der Waals surface area contributed by atoms with E-state index in [9.17, 15) is 13.2 Å². The van der Waals surface area contributed by atoms with Crippen LogP contribution in [0.3, 0.4) is 0 Å². The van der Waals surface area contributed by atoms with Crippen molar-refractivity contribution >= 4 is 21.6 Å². The second-order valence-corrected chi connectivity index (χ2v) is 7.93. The van der Waals surface area contributed by atoms with Crippen LogP contribution in [0.15, 0.2) is 35.4 Å². The lowest BCUT2D eigenvalue weighted by Crippen LogP contribution is -2.21. The van der Waals surface area contributed by atoms with Crippen molar-refractivity contribution < 1.29 is 13.2 Å². The summed E-state index contributed by atoms with van der Waals surface area (Å²) in [5.41, 5.74) is 3.10. The van der Waals surface area contributed by atoms with Crippen molar-refractivity contribution in [1.82, 2.24) is 20.0 Å². The molecule has 0 amide bonds. The van der Waals surface area contributed by atoms with E-state index in [2.05, 4.69) is 20.0 Å². The average Bonchev–Trinajstić information content (AvgIpc) is 3.17. The Kier molecular flexibility index (Phi) is 4.88. The molecule has 142 valence electrons. The molecule has 0 saturated carbocycles. The molecule has 0 aliphatic carbocycles. The number of rotatable bonds is 5. The van der Waals surface area contributed by atoms with Crippen LogP contribution in [0.5, 0.6) is 0 Å². The fraction of sp³-hybridized carbons (Fsp3) is 0.278. The number of aromatic amines is 1. The summed E-state index contributed by atoms with van der Waals surface area (Å²) in [4.78, 5) is 12.9. The van der Waals surface area contributed by atoms with E-state index in [1.807, 2.05) is 19.1 Å². The Labute approximate surface area is 157 Å². The number of aromatic nitrogens is 4. The quantitative estimate of drug-likeness (QED) is 0.699. The highest BCUT2D eigenvalue weighted by molar-refractivity contribution is 7.92. The van der Waals surface area contributed by atoms with Crippen molar-refractivity contribution in [3.8, 4) is 0 Å². The Hall–Kier alpha value is -2.94. The number of hydrogen-bond donors (Lipinski definition) is 2. The van der Waals surface area contributed by atoms with Crippen LogP contribution in [-0.4, -0.2) is 34.3 Å². The largest absolute Gasteiger partial charge is 0.283 e. The maximum absolute atomic E-state index is 12.9. The maximum atomic E-state index is 12.9. The number of aryl methyl sites for hydroxylation is 4. The lowest BCUT2D eigenvalue weighted by atomic mass is 10.2. The van der Waals surface area contributed by atoms with Crippen LogP contribution in [0.25, 0.3) is 0 Å². The lowest BCUT2D eigenvalue weighted by Gasteiger charge is -2.09. The molecule has 0 saturated heterocycles. The smallest absolute Gasteiger partial charge is 0.281 e. The normalized spacial score (nSPS) is 11.6. The van der Waals surface area contributed by atoms with Crippen LogP contribution in [0.4, 0.5) is 5.69 Å². The molecule has 0 unspecified atom stereocenters. The third kappa shape index (κ3) is 3.63. The molecule has 0 atom stereocenters. The van der Waals surface area contributed by atoms with Gasteiger partial charge in [0.05, 0.1) is 5.69 Å². The van der Waals surface area contributed by atoms with Crippen molar-refractivity contribution in [2.24, 2.45) is 0 Å². The maximum Gasteiger partial charge on any atom is 0.283 e. The molecular formula is C18H21N5O3S. The SMILES string of the molecule is CCc1ccc(NS(=O)(=O)c2n[nH]c(C)c2C(=O)n2nc(C)cc2C)cc1. The lowest BCUT2D eigenvalue weighted by molar-refractivity contribution is 0.0938.